The predicted molar refractivity (Wildman–Crippen MR) is 78.7 cm³/mol. The maximum Gasteiger partial charge on any atom is 0.255 e. The molecular formula is C15H21N3O2. The molecule has 1 aliphatic carbocycles. The van der Waals surface area contributed by atoms with Crippen LogP contribution in [-0.2, 0) is 4.79 Å². The highest BCUT2D eigenvalue weighted by Gasteiger charge is 2.29. The van der Waals surface area contributed by atoms with E-state index in [-0.39, 0.29) is 18.4 Å². The molecular weight excluding hydrogens is 254 g/mol. The number of benzene rings is 1. The van der Waals surface area contributed by atoms with Gasteiger partial charge in [0.2, 0.25) is 5.91 Å². The fourth-order valence-corrected chi connectivity index (χ4v) is 2.03. The molecule has 0 radical (unpaired) electrons. The van der Waals surface area contributed by atoms with Crippen LogP contribution in [0.4, 0.5) is 5.69 Å². The summed E-state index contributed by atoms with van der Waals surface area (Å²) in [4.78, 5) is 27.3. The second-order valence-electron chi connectivity index (χ2n) is 5.33. The predicted octanol–water partition coefficient (Wildman–Crippen LogP) is 1.42. The zero-order chi connectivity index (χ0) is 14.7. The summed E-state index contributed by atoms with van der Waals surface area (Å²) >= 11 is 0. The van der Waals surface area contributed by atoms with E-state index < -0.39 is 0 Å². The number of carbonyl (C=O) groups excluding carboxylic acids is 2. The summed E-state index contributed by atoms with van der Waals surface area (Å²) in [5, 5.41) is 3.07. The van der Waals surface area contributed by atoms with Gasteiger partial charge in [-0.3, -0.25) is 9.59 Å². The lowest BCUT2D eigenvalue weighted by molar-refractivity contribution is -0.128. The third-order valence-electron chi connectivity index (χ3n) is 3.48. The quantitative estimate of drug-likeness (QED) is 0.884. The van der Waals surface area contributed by atoms with E-state index in [0.29, 0.717) is 17.3 Å². The van der Waals surface area contributed by atoms with Crippen molar-refractivity contribution in [2.75, 3.05) is 33.0 Å². The van der Waals surface area contributed by atoms with Crippen molar-refractivity contribution < 1.29 is 9.59 Å². The first-order valence-electron chi connectivity index (χ1n) is 6.81. The molecule has 0 aromatic heterocycles. The number of amides is 2. The van der Waals surface area contributed by atoms with Gasteiger partial charge < -0.3 is 15.1 Å². The highest BCUT2D eigenvalue weighted by molar-refractivity contribution is 5.99. The highest BCUT2D eigenvalue weighted by Crippen LogP contribution is 2.25. The van der Waals surface area contributed by atoms with Gasteiger partial charge in [-0.1, -0.05) is 12.1 Å². The van der Waals surface area contributed by atoms with Crippen molar-refractivity contribution in [1.29, 1.82) is 0 Å². The van der Waals surface area contributed by atoms with E-state index in [4.69, 9.17) is 0 Å². The molecule has 5 nitrogen and oxygen atoms in total. The van der Waals surface area contributed by atoms with Gasteiger partial charge in [-0.05, 0) is 25.0 Å². The first-order chi connectivity index (χ1) is 9.50. The second kappa shape index (κ2) is 5.94. The minimum atomic E-state index is -0.0731. The normalized spacial score (nSPS) is 13.8. The summed E-state index contributed by atoms with van der Waals surface area (Å²) in [5.74, 6) is -0.0179. The fourth-order valence-electron chi connectivity index (χ4n) is 2.03. The van der Waals surface area contributed by atoms with Crippen molar-refractivity contribution in [3.63, 3.8) is 0 Å². The number of carbonyl (C=O) groups is 2. The molecule has 1 aliphatic rings. The van der Waals surface area contributed by atoms with E-state index in [1.807, 2.05) is 25.2 Å². The number of nitrogens with zero attached hydrogens (tertiary/aromatic N) is 2. The number of likely N-dealkylation sites (N-methyl/N-ethyl adjacent to an activating group) is 1. The molecule has 1 saturated carbocycles. The maximum absolute atomic E-state index is 12.1. The van der Waals surface area contributed by atoms with Crippen LogP contribution in [0.25, 0.3) is 0 Å². The van der Waals surface area contributed by atoms with Crippen LogP contribution in [0.5, 0.6) is 0 Å². The zero-order valence-corrected chi connectivity index (χ0v) is 12.2. The van der Waals surface area contributed by atoms with Crippen molar-refractivity contribution in [3.8, 4) is 0 Å². The number of nitrogens with one attached hydrogen (secondary N) is 1. The molecule has 0 unspecified atom stereocenters. The van der Waals surface area contributed by atoms with Gasteiger partial charge in [-0.2, -0.15) is 0 Å². The summed E-state index contributed by atoms with van der Waals surface area (Å²) < 4.78 is 0. The largest absolute Gasteiger partial charge is 0.376 e. The Labute approximate surface area is 119 Å². The minimum absolute atomic E-state index is 0.0552. The number of anilines is 1. The molecule has 2 rings (SSSR count). The third kappa shape index (κ3) is 3.29. The summed E-state index contributed by atoms with van der Waals surface area (Å²) in [5.41, 5.74) is 1.28. The molecule has 1 aromatic rings. The van der Waals surface area contributed by atoms with E-state index in [9.17, 15) is 9.59 Å². The summed E-state index contributed by atoms with van der Waals surface area (Å²) in [6.45, 7) is 0.213. The fraction of sp³-hybridized carbons (Fsp3) is 0.467. The average molecular weight is 275 g/mol. The topological polar surface area (TPSA) is 52.7 Å². The molecule has 2 amide bonds. The van der Waals surface area contributed by atoms with E-state index in [0.717, 1.165) is 12.8 Å². The highest BCUT2D eigenvalue weighted by atomic mass is 16.2. The molecule has 0 aliphatic heterocycles. The molecule has 0 atom stereocenters. The van der Waals surface area contributed by atoms with Crippen molar-refractivity contribution in [3.05, 3.63) is 29.8 Å². The van der Waals surface area contributed by atoms with Crippen LogP contribution in [0.15, 0.2) is 24.3 Å². The zero-order valence-electron chi connectivity index (χ0n) is 12.2. The molecule has 20 heavy (non-hydrogen) atoms. The lowest BCUT2D eigenvalue weighted by Crippen LogP contribution is -2.34. The number of hydrogen-bond donors (Lipinski definition) is 1. The monoisotopic (exact) mass is 275 g/mol. The van der Waals surface area contributed by atoms with Crippen LogP contribution < -0.4 is 5.32 Å². The Hall–Kier alpha value is -2.04. The van der Waals surface area contributed by atoms with Crippen molar-refractivity contribution in [2.24, 2.45) is 0 Å². The second-order valence-corrected chi connectivity index (χ2v) is 5.33. The van der Waals surface area contributed by atoms with Crippen LogP contribution >= 0.6 is 0 Å². The first-order valence-corrected chi connectivity index (χ1v) is 6.81. The lowest BCUT2D eigenvalue weighted by Gasteiger charge is -2.18. The Morgan fingerprint density at radius 1 is 1.20 bits per heavy atom. The first kappa shape index (κ1) is 14.4. The summed E-state index contributed by atoms with van der Waals surface area (Å²) in [6, 6.07) is 7.66. The van der Waals surface area contributed by atoms with E-state index in [1.165, 1.54) is 4.90 Å². The standard InChI is InChI=1S/C15H21N3O2/c1-17(2)15(20)12-6-4-5-7-13(12)16-10-14(19)18(3)11-8-9-11/h4-7,11,16H,8-10H2,1-3H3. The number of para-hydroxylation sites is 1. The Kier molecular flexibility index (Phi) is 4.27. The lowest BCUT2D eigenvalue weighted by atomic mass is 10.1. The van der Waals surface area contributed by atoms with Crippen LogP contribution in [0, 0.1) is 0 Å². The van der Waals surface area contributed by atoms with Crippen molar-refractivity contribution >= 4 is 17.5 Å². The molecule has 0 spiro atoms. The Morgan fingerprint density at radius 3 is 2.45 bits per heavy atom. The SMILES string of the molecule is CN(C)C(=O)c1ccccc1NCC(=O)N(C)C1CC1. The Balaban J connectivity index is 2.02. The van der Waals surface area contributed by atoms with Gasteiger partial charge in [0.25, 0.3) is 5.91 Å². The van der Waals surface area contributed by atoms with Gasteiger partial charge in [0.05, 0.1) is 12.1 Å². The minimum Gasteiger partial charge on any atom is -0.376 e. The van der Waals surface area contributed by atoms with Crippen LogP contribution in [0.1, 0.15) is 23.2 Å². The Morgan fingerprint density at radius 2 is 1.85 bits per heavy atom. The van der Waals surface area contributed by atoms with Crippen LogP contribution in [0.2, 0.25) is 0 Å². The van der Waals surface area contributed by atoms with Crippen LogP contribution in [-0.4, -0.2) is 55.3 Å². The summed E-state index contributed by atoms with van der Waals surface area (Å²) in [6.07, 6.45) is 2.19. The Bertz CT molecular complexity index is 510. The van der Waals surface area contributed by atoms with Gasteiger partial charge in [0, 0.05) is 32.9 Å². The van der Waals surface area contributed by atoms with Gasteiger partial charge >= 0.3 is 0 Å². The van der Waals surface area contributed by atoms with Gasteiger partial charge in [0.15, 0.2) is 0 Å². The van der Waals surface area contributed by atoms with Crippen molar-refractivity contribution in [2.45, 2.75) is 18.9 Å². The van der Waals surface area contributed by atoms with Gasteiger partial charge in [-0.25, -0.2) is 0 Å². The molecule has 0 saturated heterocycles. The van der Waals surface area contributed by atoms with E-state index >= 15 is 0 Å². The van der Waals surface area contributed by atoms with Crippen molar-refractivity contribution in [1.82, 2.24) is 9.80 Å². The molecule has 1 N–H and O–H groups in total. The van der Waals surface area contributed by atoms with Gasteiger partial charge in [0.1, 0.15) is 0 Å². The number of hydrogen-bond acceptors (Lipinski definition) is 3. The number of rotatable bonds is 5. The van der Waals surface area contributed by atoms with Crippen LogP contribution in [0.3, 0.4) is 0 Å². The average Bonchev–Trinajstić information content (AvgIpc) is 3.27. The van der Waals surface area contributed by atoms with E-state index in [1.54, 1.807) is 25.1 Å². The van der Waals surface area contributed by atoms with Gasteiger partial charge in [-0.15, -0.1) is 0 Å². The van der Waals surface area contributed by atoms with E-state index in [2.05, 4.69) is 5.32 Å². The molecule has 1 aromatic carbocycles. The third-order valence-corrected chi connectivity index (χ3v) is 3.48. The molecule has 108 valence electrons. The molecule has 5 heteroatoms. The molecule has 0 heterocycles. The molecule has 0 bridgehead atoms. The summed E-state index contributed by atoms with van der Waals surface area (Å²) in [7, 11) is 5.26. The maximum atomic E-state index is 12.1. The molecule has 1 fully saturated rings. The smallest absolute Gasteiger partial charge is 0.255 e.